The lowest BCUT2D eigenvalue weighted by Gasteiger charge is -2.10. The van der Waals surface area contributed by atoms with Gasteiger partial charge in [0, 0.05) is 16.7 Å². The van der Waals surface area contributed by atoms with E-state index >= 15 is 0 Å². The van der Waals surface area contributed by atoms with Gasteiger partial charge in [0.25, 0.3) is 10.0 Å². The van der Waals surface area contributed by atoms with Gasteiger partial charge in [0.2, 0.25) is 0 Å². The second-order valence-corrected chi connectivity index (χ2v) is 9.25. The van der Waals surface area contributed by atoms with Crippen molar-refractivity contribution in [1.82, 2.24) is 4.57 Å². The van der Waals surface area contributed by atoms with Crippen molar-refractivity contribution in [2.75, 3.05) is 4.72 Å². The molecule has 0 radical (unpaired) electrons. The molecule has 132 valence electrons. The normalized spacial score (nSPS) is 11.8. The third-order valence-corrected chi connectivity index (χ3v) is 7.02. The molecule has 0 aliphatic rings. The van der Waals surface area contributed by atoms with Crippen molar-refractivity contribution < 1.29 is 8.42 Å². The summed E-state index contributed by atoms with van der Waals surface area (Å²) in [6.07, 6.45) is 0.844. The van der Waals surface area contributed by atoms with Gasteiger partial charge >= 0.3 is 4.87 Å². The van der Waals surface area contributed by atoms with Crippen molar-refractivity contribution in [3.05, 3.63) is 56.1 Å². The standard InChI is InChI=1S/C17H17BrN2O3S2/c1-3-8-20-15-7-5-13(10-16(15)24-17(20)21)25(22,23)19-12-4-6-14(18)11(2)9-12/h4-7,9-10,19H,3,8H2,1-2H3. The first-order valence-electron chi connectivity index (χ1n) is 7.74. The van der Waals surface area contributed by atoms with E-state index in [0.29, 0.717) is 16.9 Å². The van der Waals surface area contributed by atoms with Crippen molar-refractivity contribution in [3.63, 3.8) is 0 Å². The SMILES string of the molecule is CCCn1c(=O)sc2cc(S(=O)(=O)Nc3ccc(Br)c(C)c3)ccc21. The summed E-state index contributed by atoms with van der Waals surface area (Å²) in [7, 11) is -3.72. The molecular weight excluding hydrogens is 424 g/mol. The van der Waals surface area contributed by atoms with Crippen LogP contribution in [0.2, 0.25) is 0 Å². The molecule has 0 aliphatic heterocycles. The van der Waals surface area contributed by atoms with Crippen LogP contribution in [0, 0.1) is 6.92 Å². The molecular formula is C17H17BrN2O3S2. The minimum absolute atomic E-state index is 0.0668. The summed E-state index contributed by atoms with van der Waals surface area (Å²) in [5, 5.41) is 0. The Labute approximate surface area is 158 Å². The molecule has 3 rings (SSSR count). The molecule has 0 saturated heterocycles. The van der Waals surface area contributed by atoms with Gasteiger partial charge in [-0.05, 0) is 55.3 Å². The van der Waals surface area contributed by atoms with E-state index in [1.165, 1.54) is 6.07 Å². The first kappa shape index (κ1) is 18.2. The number of benzene rings is 2. The van der Waals surface area contributed by atoms with Gasteiger partial charge in [-0.2, -0.15) is 0 Å². The Morgan fingerprint density at radius 2 is 1.96 bits per heavy atom. The number of sulfonamides is 1. The summed E-state index contributed by atoms with van der Waals surface area (Å²) in [6, 6.07) is 10.0. The summed E-state index contributed by atoms with van der Waals surface area (Å²) in [5.41, 5.74) is 2.21. The molecule has 0 saturated carbocycles. The number of nitrogens with one attached hydrogen (secondary N) is 1. The van der Waals surface area contributed by atoms with Crippen molar-refractivity contribution in [1.29, 1.82) is 0 Å². The average molecular weight is 441 g/mol. The third-order valence-electron chi connectivity index (χ3n) is 3.81. The van der Waals surface area contributed by atoms with Crippen LogP contribution < -0.4 is 9.60 Å². The number of halogens is 1. The number of hydrogen-bond donors (Lipinski definition) is 1. The fourth-order valence-corrected chi connectivity index (χ4v) is 4.92. The fraction of sp³-hybridized carbons (Fsp3) is 0.235. The van der Waals surface area contributed by atoms with E-state index in [9.17, 15) is 13.2 Å². The highest BCUT2D eigenvalue weighted by molar-refractivity contribution is 9.10. The van der Waals surface area contributed by atoms with Gasteiger partial charge in [-0.15, -0.1) is 0 Å². The van der Waals surface area contributed by atoms with Crippen LogP contribution in [-0.4, -0.2) is 13.0 Å². The quantitative estimate of drug-likeness (QED) is 0.641. The molecule has 0 atom stereocenters. The Balaban J connectivity index is 1.99. The van der Waals surface area contributed by atoms with Gasteiger partial charge in [0.15, 0.2) is 0 Å². The van der Waals surface area contributed by atoms with Crippen LogP contribution in [0.15, 0.2) is 50.6 Å². The van der Waals surface area contributed by atoms with Crippen molar-refractivity contribution >= 4 is 53.2 Å². The summed E-state index contributed by atoms with van der Waals surface area (Å²) >= 11 is 4.46. The van der Waals surface area contributed by atoms with E-state index in [1.54, 1.807) is 34.9 Å². The van der Waals surface area contributed by atoms with Gasteiger partial charge in [-0.3, -0.25) is 14.1 Å². The average Bonchev–Trinajstić information content (AvgIpc) is 2.86. The molecule has 2 aromatic carbocycles. The first-order chi connectivity index (χ1) is 11.8. The number of anilines is 1. The zero-order valence-electron chi connectivity index (χ0n) is 13.7. The predicted molar refractivity (Wildman–Crippen MR) is 106 cm³/mol. The lowest BCUT2D eigenvalue weighted by Crippen LogP contribution is -2.13. The summed E-state index contributed by atoms with van der Waals surface area (Å²) in [6.45, 7) is 4.52. The Kier molecular flexibility index (Phi) is 5.04. The molecule has 25 heavy (non-hydrogen) atoms. The molecule has 8 heteroatoms. The Morgan fingerprint density at radius 1 is 1.20 bits per heavy atom. The van der Waals surface area contributed by atoms with Crippen LogP contribution in [-0.2, 0) is 16.6 Å². The predicted octanol–water partition coefficient (Wildman–Crippen LogP) is 4.34. The highest BCUT2D eigenvalue weighted by Gasteiger charge is 2.17. The number of nitrogens with zero attached hydrogens (tertiary/aromatic N) is 1. The minimum Gasteiger partial charge on any atom is -0.299 e. The first-order valence-corrected chi connectivity index (χ1v) is 10.8. The van der Waals surface area contributed by atoms with Crippen molar-refractivity contribution in [2.45, 2.75) is 31.7 Å². The van der Waals surface area contributed by atoms with E-state index in [0.717, 1.165) is 33.3 Å². The van der Waals surface area contributed by atoms with Gasteiger partial charge in [-0.1, -0.05) is 34.2 Å². The van der Waals surface area contributed by atoms with Crippen LogP contribution in [0.25, 0.3) is 10.2 Å². The van der Waals surface area contributed by atoms with E-state index in [-0.39, 0.29) is 9.77 Å². The topological polar surface area (TPSA) is 68.2 Å². The Morgan fingerprint density at radius 3 is 2.64 bits per heavy atom. The monoisotopic (exact) mass is 440 g/mol. The number of aromatic nitrogens is 1. The lowest BCUT2D eigenvalue weighted by atomic mass is 10.2. The van der Waals surface area contributed by atoms with E-state index in [1.807, 2.05) is 13.8 Å². The number of aryl methyl sites for hydroxylation is 2. The van der Waals surface area contributed by atoms with Gasteiger partial charge in [-0.25, -0.2) is 8.42 Å². The molecule has 5 nitrogen and oxygen atoms in total. The molecule has 0 bridgehead atoms. The molecule has 0 fully saturated rings. The van der Waals surface area contributed by atoms with E-state index in [4.69, 9.17) is 0 Å². The molecule has 1 heterocycles. The minimum atomic E-state index is -3.72. The molecule has 0 unspecified atom stereocenters. The second kappa shape index (κ2) is 6.93. The van der Waals surface area contributed by atoms with Gasteiger partial charge in [0.1, 0.15) is 0 Å². The van der Waals surface area contributed by atoms with Crippen LogP contribution in [0.4, 0.5) is 5.69 Å². The smallest absolute Gasteiger partial charge is 0.299 e. The summed E-state index contributed by atoms with van der Waals surface area (Å²) in [4.78, 5) is 12.1. The lowest BCUT2D eigenvalue weighted by molar-refractivity contribution is 0.601. The Bertz CT molecular complexity index is 1100. The maximum atomic E-state index is 12.7. The number of thiazole rings is 1. The van der Waals surface area contributed by atoms with Crippen molar-refractivity contribution in [2.24, 2.45) is 0 Å². The molecule has 0 amide bonds. The van der Waals surface area contributed by atoms with E-state index in [2.05, 4.69) is 20.7 Å². The second-order valence-electron chi connectivity index (χ2n) is 5.72. The third kappa shape index (κ3) is 3.65. The zero-order valence-corrected chi connectivity index (χ0v) is 17.0. The summed E-state index contributed by atoms with van der Waals surface area (Å²) in [5.74, 6) is 0. The van der Waals surface area contributed by atoms with Gasteiger partial charge in [0.05, 0.1) is 15.1 Å². The maximum Gasteiger partial charge on any atom is 0.308 e. The number of hydrogen-bond acceptors (Lipinski definition) is 4. The van der Waals surface area contributed by atoms with Gasteiger partial charge < -0.3 is 0 Å². The number of fused-ring (bicyclic) bond motifs is 1. The fourth-order valence-electron chi connectivity index (χ4n) is 2.57. The Hall–Kier alpha value is -1.64. The highest BCUT2D eigenvalue weighted by Crippen LogP contribution is 2.25. The summed E-state index contributed by atoms with van der Waals surface area (Å²) < 4.78 is 31.2. The van der Waals surface area contributed by atoms with Crippen LogP contribution >= 0.6 is 27.3 Å². The zero-order chi connectivity index (χ0) is 18.2. The highest BCUT2D eigenvalue weighted by atomic mass is 79.9. The van der Waals surface area contributed by atoms with Crippen LogP contribution in [0.3, 0.4) is 0 Å². The molecule has 0 spiro atoms. The van der Waals surface area contributed by atoms with Crippen molar-refractivity contribution in [3.8, 4) is 0 Å². The molecule has 3 aromatic rings. The molecule has 1 N–H and O–H groups in total. The number of rotatable bonds is 5. The molecule has 1 aromatic heterocycles. The maximum absolute atomic E-state index is 12.7. The largest absolute Gasteiger partial charge is 0.308 e. The van der Waals surface area contributed by atoms with E-state index < -0.39 is 10.0 Å². The molecule has 0 aliphatic carbocycles. The van der Waals surface area contributed by atoms with Crippen LogP contribution in [0.1, 0.15) is 18.9 Å². The van der Waals surface area contributed by atoms with Crippen LogP contribution in [0.5, 0.6) is 0 Å².